The molecule has 3 unspecified atom stereocenters. The maximum atomic E-state index is 6.09. The van der Waals surface area contributed by atoms with Gasteiger partial charge in [0.05, 0.1) is 12.4 Å². The first-order valence-corrected chi connectivity index (χ1v) is 8.12. The smallest absolute Gasteiger partial charge is 0.133 e. The summed E-state index contributed by atoms with van der Waals surface area (Å²) < 4.78 is 11.7. The van der Waals surface area contributed by atoms with Crippen LogP contribution in [0.3, 0.4) is 0 Å². The largest absolute Gasteiger partial charge is 0.467 e. The fourth-order valence-electron chi connectivity index (χ4n) is 3.04. The van der Waals surface area contributed by atoms with Gasteiger partial charge in [0.25, 0.3) is 0 Å². The van der Waals surface area contributed by atoms with E-state index in [-0.39, 0.29) is 0 Å². The number of hydrogen-bond donors (Lipinski definition) is 1. The van der Waals surface area contributed by atoms with Gasteiger partial charge in [-0.1, -0.05) is 13.8 Å². The predicted molar refractivity (Wildman–Crippen MR) is 79.3 cm³/mol. The summed E-state index contributed by atoms with van der Waals surface area (Å²) in [6, 6.07) is 2.80. The molecule has 0 spiro atoms. The summed E-state index contributed by atoms with van der Waals surface area (Å²) in [5.74, 6) is 2.63. The van der Waals surface area contributed by atoms with Gasteiger partial charge in [-0.25, -0.2) is 0 Å². The lowest BCUT2D eigenvalue weighted by Crippen LogP contribution is -2.26. The standard InChI is InChI=1S/C17H27NO2/c1-12-3-6-16(9-13(12)2)20-11-17-14(7-8-19-17)10-18-15-4-5-15/h7-8,12-13,15-16,18H,3-6,9-11H2,1-2H3. The second-order valence-electron chi connectivity index (χ2n) is 6.72. The molecule has 1 aromatic rings. The van der Waals surface area contributed by atoms with Crippen molar-refractivity contribution in [3.63, 3.8) is 0 Å². The Hall–Kier alpha value is -0.800. The predicted octanol–water partition coefficient (Wildman–Crippen LogP) is 3.87. The zero-order valence-electron chi connectivity index (χ0n) is 12.7. The monoisotopic (exact) mass is 277 g/mol. The minimum Gasteiger partial charge on any atom is -0.467 e. The van der Waals surface area contributed by atoms with E-state index >= 15 is 0 Å². The summed E-state index contributed by atoms with van der Waals surface area (Å²) in [5, 5.41) is 3.53. The van der Waals surface area contributed by atoms with Crippen molar-refractivity contribution in [1.29, 1.82) is 0 Å². The molecule has 112 valence electrons. The van der Waals surface area contributed by atoms with Crippen molar-refractivity contribution in [2.45, 2.75) is 71.2 Å². The number of hydrogen-bond acceptors (Lipinski definition) is 3. The van der Waals surface area contributed by atoms with Crippen LogP contribution in [0.2, 0.25) is 0 Å². The second kappa shape index (κ2) is 6.31. The van der Waals surface area contributed by atoms with Crippen LogP contribution in [-0.4, -0.2) is 12.1 Å². The first-order chi connectivity index (χ1) is 9.72. The first kappa shape index (κ1) is 14.2. The molecular weight excluding hydrogens is 250 g/mol. The lowest BCUT2D eigenvalue weighted by Gasteiger charge is -2.31. The zero-order chi connectivity index (χ0) is 13.9. The van der Waals surface area contributed by atoms with Gasteiger partial charge in [-0.3, -0.25) is 0 Å². The Labute approximate surface area is 122 Å². The van der Waals surface area contributed by atoms with Crippen molar-refractivity contribution >= 4 is 0 Å². The molecule has 2 aliphatic carbocycles. The highest BCUT2D eigenvalue weighted by Gasteiger charge is 2.25. The van der Waals surface area contributed by atoms with Crippen LogP contribution in [0.25, 0.3) is 0 Å². The highest BCUT2D eigenvalue weighted by Crippen LogP contribution is 2.31. The molecule has 3 rings (SSSR count). The number of nitrogens with one attached hydrogen (secondary N) is 1. The van der Waals surface area contributed by atoms with E-state index in [9.17, 15) is 0 Å². The van der Waals surface area contributed by atoms with Crippen molar-refractivity contribution in [1.82, 2.24) is 5.32 Å². The summed E-state index contributed by atoms with van der Waals surface area (Å²) in [5.41, 5.74) is 1.26. The van der Waals surface area contributed by atoms with Crippen LogP contribution in [0.5, 0.6) is 0 Å². The molecule has 1 N–H and O–H groups in total. The molecule has 3 nitrogen and oxygen atoms in total. The fraction of sp³-hybridized carbons (Fsp3) is 0.765. The average molecular weight is 277 g/mol. The van der Waals surface area contributed by atoms with Gasteiger partial charge in [-0.15, -0.1) is 0 Å². The Bertz CT molecular complexity index is 424. The van der Waals surface area contributed by atoms with E-state index in [1.807, 2.05) is 0 Å². The van der Waals surface area contributed by atoms with E-state index < -0.39 is 0 Å². The Kier molecular flexibility index (Phi) is 4.47. The lowest BCUT2D eigenvalue weighted by atomic mass is 9.80. The Morgan fingerprint density at radius 2 is 2.05 bits per heavy atom. The van der Waals surface area contributed by atoms with Gasteiger partial charge in [0.2, 0.25) is 0 Å². The molecule has 0 saturated heterocycles. The van der Waals surface area contributed by atoms with Crippen LogP contribution in [0.15, 0.2) is 16.7 Å². The third-order valence-electron chi connectivity index (χ3n) is 5.00. The van der Waals surface area contributed by atoms with Gasteiger partial charge in [0.1, 0.15) is 12.4 Å². The molecule has 0 amide bonds. The quantitative estimate of drug-likeness (QED) is 0.857. The molecule has 0 aliphatic heterocycles. The molecule has 1 heterocycles. The molecule has 0 aromatic carbocycles. The van der Waals surface area contributed by atoms with Crippen LogP contribution in [0.1, 0.15) is 57.3 Å². The first-order valence-electron chi connectivity index (χ1n) is 8.12. The van der Waals surface area contributed by atoms with E-state index in [0.29, 0.717) is 12.7 Å². The minimum atomic E-state index is 0.413. The molecular formula is C17H27NO2. The molecule has 3 heteroatoms. The van der Waals surface area contributed by atoms with E-state index in [2.05, 4.69) is 25.2 Å². The maximum absolute atomic E-state index is 6.09. The van der Waals surface area contributed by atoms with Crippen LogP contribution >= 0.6 is 0 Å². The van der Waals surface area contributed by atoms with Crippen molar-refractivity contribution in [3.05, 3.63) is 23.7 Å². The third-order valence-corrected chi connectivity index (χ3v) is 5.00. The maximum Gasteiger partial charge on any atom is 0.133 e. The van der Waals surface area contributed by atoms with Crippen molar-refractivity contribution in [3.8, 4) is 0 Å². The molecule has 1 aromatic heterocycles. The lowest BCUT2D eigenvalue weighted by molar-refractivity contribution is -0.0143. The van der Waals surface area contributed by atoms with Crippen LogP contribution in [0.4, 0.5) is 0 Å². The molecule has 3 atom stereocenters. The topological polar surface area (TPSA) is 34.4 Å². The van der Waals surface area contributed by atoms with Gasteiger partial charge in [0, 0.05) is 18.2 Å². The SMILES string of the molecule is CC1CCC(OCc2occc2CNC2CC2)CC1C. The third kappa shape index (κ3) is 3.64. The van der Waals surface area contributed by atoms with E-state index in [1.54, 1.807) is 6.26 Å². The summed E-state index contributed by atoms with van der Waals surface area (Å²) in [4.78, 5) is 0. The number of rotatable bonds is 6. The summed E-state index contributed by atoms with van der Waals surface area (Å²) in [7, 11) is 0. The van der Waals surface area contributed by atoms with Crippen molar-refractivity contribution in [2.75, 3.05) is 0 Å². The van der Waals surface area contributed by atoms with E-state index in [1.165, 1.54) is 37.7 Å². The van der Waals surface area contributed by atoms with Crippen molar-refractivity contribution < 1.29 is 9.15 Å². The zero-order valence-corrected chi connectivity index (χ0v) is 12.7. The van der Waals surface area contributed by atoms with Gasteiger partial charge >= 0.3 is 0 Å². The van der Waals surface area contributed by atoms with E-state index in [0.717, 1.165) is 30.2 Å². The molecule has 20 heavy (non-hydrogen) atoms. The average Bonchev–Trinajstić information content (AvgIpc) is 3.16. The molecule has 2 aliphatic rings. The molecule has 2 fully saturated rings. The fourth-order valence-corrected chi connectivity index (χ4v) is 3.04. The van der Waals surface area contributed by atoms with Gasteiger partial charge in [0.15, 0.2) is 0 Å². The van der Waals surface area contributed by atoms with E-state index in [4.69, 9.17) is 9.15 Å². The normalized spacial score (nSPS) is 30.6. The summed E-state index contributed by atoms with van der Waals surface area (Å²) in [6.45, 7) is 6.24. The Morgan fingerprint density at radius 1 is 1.20 bits per heavy atom. The minimum absolute atomic E-state index is 0.413. The molecule has 0 bridgehead atoms. The van der Waals surface area contributed by atoms with Gasteiger partial charge in [-0.05, 0) is 50.0 Å². The van der Waals surface area contributed by atoms with Crippen LogP contribution < -0.4 is 5.32 Å². The molecule has 2 saturated carbocycles. The number of ether oxygens (including phenoxy) is 1. The van der Waals surface area contributed by atoms with Crippen molar-refractivity contribution in [2.24, 2.45) is 11.8 Å². The van der Waals surface area contributed by atoms with Crippen LogP contribution in [0, 0.1) is 11.8 Å². The van der Waals surface area contributed by atoms with Gasteiger partial charge in [-0.2, -0.15) is 0 Å². The van der Waals surface area contributed by atoms with Crippen LogP contribution in [-0.2, 0) is 17.9 Å². The van der Waals surface area contributed by atoms with Gasteiger partial charge < -0.3 is 14.5 Å². The highest BCUT2D eigenvalue weighted by molar-refractivity contribution is 5.16. The number of furan rings is 1. The molecule has 0 radical (unpaired) electrons. The highest BCUT2D eigenvalue weighted by atomic mass is 16.5. The Morgan fingerprint density at radius 3 is 2.80 bits per heavy atom. The second-order valence-corrected chi connectivity index (χ2v) is 6.72. The summed E-state index contributed by atoms with van der Waals surface area (Å²) >= 11 is 0. The summed E-state index contributed by atoms with van der Waals surface area (Å²) in [6.07, 6.45) is 8.52. The Balaban J connectivity index is 1.46.